The van der Waals surface area contributed by atoms with E-state index in [2.05, 4.69) is 5.32 Å². The van der Waals surface area contributed by atoms with Crippen LogP contribution in [0.4, 0.5) is 5.69 Å². The summed E-state index contributed by atoms with van der Waals surface area (Å²) in [6.07, 6.45) is 1.63. The lowest BCUT2D eigenvalue weighted by Gasteiger charge is -2.22. The van der Waals surface area contributed by atoms with Gasteiger partial charge in [0.15, 0.2) is 0 Å². The van der Waals surface area contributed by atoms with E-state index < -0.39 is 10.8 Å². The molecule has 1 fully saturated rings. The molecule has 1 amide bonds. The zero-order valence-corrected chi connectivity index (χ0v) is 11.4. The number of carbonyl (C=O) groups excluding carboxylic acids is 1. The molecule has 1 saturated heterocycles. The number of amides is 1. The first kappa shape index (κ1) is 14.0. The number of nitrogens with two attached hydrogens (primary N) is 1. The van der Waals surface area contributed by atoms with E-state index in [-0.39, 0.29) is 17.7 Å². The van der Waals surface area contributed by atoms with Crippen molar-refractivity contribution in [2.45, 2.75) is 23.8 Å². The summed E-state index contributed by atoms with van der Waals surface area (Å²) in [5.41, 5.74) is 6.18. The zero-order chi connectivity index (χ0) is 13.7. The number of anilines is 1. The predicted molar refractivity (Wildman–Crippen MR) is 74.1 cm³/mol. The summed E-state index contributed by atoms with van der Waals surface area (Å²) in [7, 11) is -1.35. The van der Waals surface area contributed by atoms with Crippen molar-refractivity contribution in [2.75, 3.05) is 24.7 Å². The highest BCUT2D eigenvalue weighted by Gasteiger charge is 2.17. The molecule has 1 atom stereocenters. The molecule has 1 unspecified atom stereocenters. The summed E-state index contributed by atoms with van der Waals surface area (Å²) in [6.45, 7) is 1.34. The van der Waals surface area contributed by atoms with Gasteiger partial charge in [0.1, 0.15) is 5.75 Å². The molecule has 1 aliphatic rings. The van der Waals surface area contributed by atoms with Crippen LogP contribution in [0.1, 0.15) is 12.8 Å². The Morgan fingerprint density at radius 2 is 2.16 bits per heavy atom. The summed E-state index contributed by atoms with van der Waals surface area (Å²) in [4.78, 5) is 12.4. The van der Waals surface area contributed by atoms with Gasteiger partial charge in [0.2, 0.25) is 5.91 Å². The second-order valence-corrected chi connectivity index (χ2v) is 5.97. The van der Waals surface area contributed by atoms with Gasteiger partial charge in [-0.25, -0.2) is 0 Å². The fourth-order valence-electron chi connectivity index (χ4n) is 1.97. The van der Waals surface area contributed by atoms with Gasteiger partial charge in [0.05, 0.1) is 10.8 Å². The lowest BCUT2D eigenvalue weighted by Crippen LogP contribution is -2.40. The molecule has 1 aromatic rings. The van der Waals surface area contributed by atoms with Crippen LogP contribution >= 0.6 is 0 Å². The molecule has 0 saturated carbocycles. The highest BCUT2D eigenvalue weighted by Crippen LogP contribution is 2.11. The molecule has 3 N–H and O–H groups in total. The van der Waals surface area contributed by atoms with Crippen LogP contribution in [0.3, 0.4) is 0 Å². The van der Waals surface area contributed by atoms with Gasteiger partial charge in [-0.1, -0.05) is 6.07 Å². The van der Waals surface area contributed by atoms with Gasteiger partial charge >= 0.3 is 0 Å². The predicted octanol–water partition coefficient (Wildman–Crippen LogP) is 0.672. The van der Waals surface area contributed by atoms with Crippen LogP contribution in [-0.4, -0.2) is 35.1 Å². The van der Waals surface area contributed by atoms with Gasteiger partial charge in [-0.2, -0.15) is 0 Å². The van der Waals surface area contributed by atoms with Crippen molar-refractivity contribution in [3.05, 3.63) is 24.3 Å². The number of rotatable bonds is 4. The van der Waals surface area contributed by atoms with Crippen molar-refractivity contribution in [3.8, 4) is 0 Å². The van der Waals surface area contributed by atoms with Crippen LogP contribution in [0.5, 0.6) is 0 Å². The summed E-state index contributed by atoms with van der Waals surface area (Å²) >= 11 is 0. The van der Waals surface area contributed by atoms with Crippen molar-refractivity contribution < 1.29 is 13.7 Å². The first-order chi connectivity index (χ1) is 9.15. The number of ether oxygens (including phenoxy) is 1. The monoisotopic (exact) mass is 282 g/mol. The Morgan fingerprint density at radius 1 is 1.42 bits per heavy atom. The van der Waals surface area contributed by atoms with Crippen molar-refractivity contribution in [1.29, 1.82) is 0 Å². The molecule has 1 heterocycles. The fourth-order valence-corrected chi connectivity index (χ4v) is 2.96. The summed E-state index contributed by atoms with van der Waals surface area (Å²) in [6, 6.07) is 6.95. The topological polar surface area (TPSA) is 81.4 Å². The number of hydrogen-bond donors (Lipinski definition) is 2. The maximum absolute atomic E-state index is 12.0. The Balaban J connectivity index is 1.86. The zero-order valence-electron chi connectivity index (χ0n) is 10.6. The molecular weight excluding hydrogens is 264 g/mol. The van der Waals surface area contributed by atoms with Crippen molar-refractivity contribution in [1.82, 2.24) is 5.32 Å². The average molecular weight is 282 g/mol. The van der Waals surface area contributed by atoms with Crippen LogP contribution in [0, 0.1) is 0 Å². The van der Waals surface area contributed by atoms with Gasteiger partial charge < -0.3 is 15.8 Å². The van der Waals surface area contributed by atoms with Gasteiger partial charge in [-0.05, 0) is 31.0 Å². The quantitative estimate of drug-likeness (QED) is 0.795. The number of hydrogen-bond acceptors (Lipinski definition) is 4. The molecule has 0 spiro atoms. The van der Waals surface area contributed by atoms with E-state index in [0.29, 0.717) is 23.8 Å². The minimum atomic E-state index is -1.35. The van der Waals surface area contributed by atoms with E-state index in [9.17, 15) is 9.00 Å². The van der Waals surface area contributed by atoms with Gasteiger partial charge in [0, 0.05) is 29.8 Å². The van der Waals surface area contributed by atoms with Crippen molar-refractivity contribution >= 4 is 22.4 Å². The van der Waals surface area contributed by atoms with E-state index in [4.69, 9.17) is 10.5 Å². The Hall–Kier alpha value is -1.40. The van der Waals surface area contributed by atoms with Crippen molar-refractivity contribution in [2.24, 2.45) is 0 Å². The molecule has 0 bridgehead atoms. The van der Waals surface area contributed by atoms with E-state index >= 15 is 0 Å². The maximum Gasteiger partial charge on any atom is 0.233 e. The van der Waals surface area contributed by atoms with Crippen LogP contribution in [-0.2, 0) is 20.3 Å². The van der Waals surface area contributed by atoms with Gasteiger partial charge in [0.25, 0.3) is 0 Å². The van der Waals surface area contributed by atoms with Gasteiger partial charge in [-0.15, -0.1) is 0 Å². The lowest BCUT2D eigenvalue weighted by atomic mass is 10.1. The van der Waals surface area contributed by atoms with Crippen LogP contribution in [0.25, 0.3) is 0 Å². The Labute approximate surface area is 115 Å². The van der Waals surface area contributed by atoms with E-state index in [1.165, 1.54) is 0 Å². The first-order valence-electron chi connectivity index (χ1n) is 6.26. The molecule has 0 aliphatic carbocycles. The van der Waals surface area contributed by atoms with Crippen LogP contribution in [0.15, 0.2) is 29.2 Å². The Morgan fingerprint density at radius 3 is 2.84 bits per heavy atom. The number of nitrogens with one attached hydrogen (secondary N) is 1. The standard InChI is InChI=1S/C13H18N2O3S/c14-10-2-1-3-12(8-10)19(17)9-13(16)15-11-4-6-18-7-5-11/h1-3,8,11H,4-7,9,14H2,(H,15,16). The molecule has 2 rings (SSSR count). The van der Waals surface area contributed by atoms with E-state index in [0.717, 1.165) is 12.8 Å². The molecule has 5 nitrogen and oxygen atoms in total. The molecule has 19 heavy (non-hydrogen) atoms. The maximum atomic E-state index is 12.0. The third-order valence-electron chi connectivity index (χ3n) is 2.97. The number of benzene rings is 1. The minimum Gasteiger partial charge on any atom is -0.399 e. The molecular formula is C13H18N2O3S. The van der Waals surface area contributed by atoms with Crippen LogP contribution in [0.2, 0.25) is 0 Å². The molecule has 1 aliphatic heterocycles. The number of carbonyl (C=O) groups is 1. The van der Waals surface area contributed by atoms with Crippen molar-refractivity contribution in [3.63, 3.8) is 0 Å². The van der Waals surface area contributed by atoms with Crippen LogP contribution < -0.4 is 11.1 Å². The van der Waals surface area contributed by atoms with E-state index in [1.54, 1.807) is 24.3 Å². The minimum absolute atomic E-state index is 0.0270. The summed E-state index contributed by atoms with van der Waals surface area (Å²) < 4.78 is 17.2. The first-order valence-corrected chi connectivity index (χ1v) is 7.58. The second kappa shape index (κ2) is 6.68. The average Bonchev–Trinajstić information content (AvgIpc) is 2.39. The molecule has 0 radical (unpaired) electrons. The largest absolute Gasteiger partial charge is 0.399 e. The van der Waals surface area contributed by atoms with Gasteiger partial charge in [-0.3, -0.25) is 9.00 Å². The van der Waals surface area contributed by atoms with E-state index in [1.807, 2.05) is 0 Å². The molecule has 6 heteroatoms. The Bertz CT molecular complexity index is 473. The highest BCUT2D eigenvalue weighted by atomic mass is 32.2. The Kier molecular flexibility index (Phi) is 4.93. The highest BCUT2D eigenvalue weighted by molar-refractivity contribution is 7.85. The fraction of sp³-hybridized carbons (Fsp3) is 0.462. The normalized spacial score (nSPS) is 17.9. The molecule has 1 aromatic carbocycles. The molecule has 104 valence electrons. The SMILES string of the molecule is Nc1cccc(S(=O)CC(=O)NC2CCOCC2)c1. The third kappa shape index (κ3) is 4.33. The number of nitrogen functional groups attached to an aromatic ring is 1. The summed E-state index contributed by atoms with van der Waals surface area (Å²) in [5, 5.41) is 2.89. The molecule has 0 aromatic heterocycles. The third-order valence-corrected chi connectivity index (χ3v) is 4.27. The summed E-state index contributed by atoms with van der Waals surface area (Å²) in [5.74, 6) is -0.214. The second-order valence-electron chi connectivity index (χ2n) is 4.52. The smallest absolute Gasteiger partial charge is 0.233 e. The lowest BCUT2D eigenvalue weighted by molar-refractivity contribution is -0.119.